The Labute approximate surface area is 298 Å². The van der Waals surface area contributed by atoms with E-state index in [1.807, 2.05) is 6.07 Å². The standard InChI is InChI=1S/C48H42O2/c1-5-7-9-11-13-15-33-49-41-27-31-45-44(30-26-40-23-19-38(4)20-24-40)48-36-42(50-34-16-14-12-10-8-6-2)28-32-46(48)43(47(45)35-41)29-25-39-21-17-37(3)18-22-39/h1,17-32,35-36H,6,8,10,12,14,16,34H2,2-4H3. The van der Waals surface area contributed by atoms with E-state index in [1.165, 1.54) is 43.2 Å². The van der Waals surface area contributed by atoms with Gasteiger partial charge in [-0.25, -0.2) is 0 Å². The maximum Gasteiger partial charge on any atom is 0.140 e. The van der Waals surface area contributed by atoms with Crippen molar-refractivity contribution in [3.8, 4) is 59.6 Å². The molecule has 0 fully saturated rings. The third-order valence-electron chi connectivity index (χ3n) is 8.49. The van der Waals surface area contributed by atoms with Crippen LogP contribution in [0.15, 0.2) is 84.9 Å². The Morgan fingerprint density at radius 2 is 1.06 bits per heavy atom. The molecule has 0 aromatic heterocycles. The Hall–Kier alpha value is -6.06. The Balaban J connectivity index is 1.61. The number of terminal acetylenes is 1. The Morgan fingerprint density at radius 1 is 0.540 bits per heavy atom. The molecule has 50 heavy (non-hydrogen) atoms. The molecule has 0 saturated carbocycles. The number of unbranched alkanes of at least 4 members (excludes halogenated alkanes) is 5. The van der Waals surface area contributed by atoms with E-state index in [2.05, 4.69) is 166 Å². The van der Waals surface area contributed by atoms with Crippen molar-refractivity contribution >= 4 is 45.8 Å². The first kappa shape index (κ1) is 35.3. The van der Waals surface area contributed by atoms with Crippen molar-refractivity contribution in [1.82, 2.24) is 0 Å². The lowest BCUT2D eigenvalue weighted by molar-refractivity contribution is 0.305. The molecule has 5 aromatic carbocycles. The van der Waals surface area contributed by atoms with Gasteiger partial charge in [-0.05, 0) is 112 Å². The molecule has 0 aliphatic carbocycles. The van der Waals surface area contributed by atoms with Gasteiger partial charge in [-0.2, -0.15) is 0 Å². The van der Waals surface area contributed by atoms with Gasteiger partial charge in [-0.3, -0.25) is 0 Å². The van der Waals surface area contributed by atoms with Crippen LogP contribution in [-0.2, 0) is 0 Å². The summed E-state index contributed by atoms with van der Waals surface area (Å²) >= 11 is 0. The predicted octanol–water partition coefficient (Wildman–Crippen LogP) is 11.7. The van der Waals surface area contributed by atoms with Crippen LogP contribution in [0.1, 0.15) is 78.8 Å². The zero-order chi connectivity index (χ0) is 35.0. The van der Waals surface area contributed by atoms with E-state index in [4.69, 9.17) is 15.9 Å². The Morgan fingerprint density at radius 3 is 1.66 bits per heavy atom. The molecule has 5 aromatic rings. The highest BCUT2D eigenvalue weighted by molar-refractivity contribution is 6.15. The van der Waals surface area contributed by atoms with Gasteiger partial charge in [0.2, 0.25) is 0 Å². The summed E-state index contributed by atoms with van der Waals surface area (Å²) in [5.74, 6) is 16.7. The number of ether oxygens (including phenoxy) is 2. The lowest BCUT2D eigenvalue weighted by Crippen LogP contribution is -1.98. The predicted molar refractivity (Wildman–Crippen MR) is 213 cm³/mol. The summed E-state index contributed by atoms with van der Waals surface area (Å²) < 4.78 is 12.2. The first-order valence-electron chi connectivity index (χ1n) is 17.3. The largest absolute Gasteiger partial charge is 0.494 e. The normalized spacial score (nSPS) is 10.6. The molecule has 0 bridgehead atoms. The average Bonchev–Trinajstić information content (AvgIpc) is 3.13. The number of hydrogen-bond acceptors (Lipinski definition) is 2. The van der Waals surface area contributed by atoms with Crippen LogP contribution >= 0.6 is 0 Å². The van der Waals surface area contributed by atoms with Crippen LogP contribution in [0.2, 0.25) is 0 Å². The highest BCUT2D eigenvalue weighted by Gasteiger charge is 2.14. The molecule has 0 spiro atoms. The van der Waals surface area contributed by atoms with Crippen molar-refractivity contribution < 1.29 is 9.47 Å². The molecule has 0 radical (unpaired) electrons. The molecule has 0 N–H and O–H groups in total. The molecule has 0 aliphatic heterocycles. The maximum atomic E-state index is 6.34. The molecule has 0 aliphatic rings. The van der Waals surface area contributed by atoms with Gasteiger partial charge in [0.05, 0.1) is 6.61 Å². The Bertz CT molecular complexity index is 2220. The first-order chi connectivity index (χ1) is 24.6. The molecule has 5 rings (SSSR count). The highest BCUT2D eigenvalue weighted by Crippen LogP contribution is 2.39. The maximum absolute atomic E-state index is 6.34. The van der Waals surface area contributed by atoms with Gasteiger partial charge in [-0.15, -0.1) is 6.42 Å². The fourth-order valence-corrected chi connectivity index (χ4v) is 5.79. The van der Waals surface area contributed by atoms with E-state index in [1.54, 1.807) is 0 Å². The fourth-order valence-electron chi connectivity index (χ4n) is 5.79. The minimum absolute atomic E-state index is 0.623. The van der Waals surface area contributed by atoms with Crippen LogP contribution in [0.4, 0.5) is 0 Å². The van der Waals surface area contributed by atoms with E-state index in [0.717, 1.165) is 56.0 Å². The minimum atomic E-state index is 0.623. The molecule has 2 heteroatoms. The van der Waals surface area contributed by atoms with E-state index < -0.39 is 0 Å². The van der Waals surface area contributed by atoms with E-state index in [9.17, 15) is 0 Å². The average molecular weight is 651 g/mol. The summed E-state index contributed by atoms with van der Waals surface area (Å²) in [6.45, 7) is 7.17. The smallest absolute Gasteiger partial charge is 0.140 e. The highest BCUT2D eigenvalue weighted by atomic mass is 16.5. The van der Waals surface area contributed by atoms with Gasteiger partial charge in [-0.1, -0.05) is 129 Å². The van der Waals surface area contributed by atoms with E-state index in [-0.39, 0.29) is 0 Å². The van der Waals surface area contributed by atoms with Gasteiger partial charge in [0.15, 0.2) is 0 Å². The van der Waals surface area contributed by atoms with Gasteiger partial charge in [0, 0.05) is 17.8 Å². The molecule has 2 nitrogen and oxygen atoms in total. The second-order valence-corrected chi connectivity index (χ2v) is 12.3. The zero-order valence-corrected chi connectivity index (χ0v) is 29.2. The molecule has 0 saturated heterocycles. The van der Waals surface area contributed by atoms with Crippen LogP contribution in [0.5, 0.6) is 11.5 Å². The van der Waals surface area contributed by atoms with Crippen LogP contribution in [0.3, 0.4) is 0 Å². The summed E-state index contributed by atoms with van der Waals surface area (Å²) in [6, 6.07) is 29.7. The van der Waals surface area contributed by atoms with Crippen molar-refractivity contribution in [2.24, 2.45) is 0 Å². The quantitative estimate of drug-likeness (QED) is 0.0546. The van der Waals surface area contributed by atoms with Crippen molar-refractivity contribution in [1.29, 1.82) is 0 Å². The number of aryl methyl sites for hydroxylation is 2. The van der Waals surface area contributed by atoms with E-state index >= 15 is 0 Å². The summed E-state index contributed by atoms with van der Waals surface area (Å²) in [5.41, 5.74) is 6.93. The number of benzene rings is 5. The molecule has 0 heterocycles. The minimum Gasteiger partial charge on any atom is -0.494 e. The van der Waals surface area contributed by atoms with Gasteiger partial charge < -0.3 is 9.47 Å². The molecular formula is C48H42O2. The molecule has 246 valence electrons. The van der Waals surface area contributed by atoms with Crippen molar-refractivity contribution in [3.63, 3.8) is 0 Å². The summed E-state index contributed by atoms with van der Waals surface area (Å²) in [6.07, 6.45) is 24.0. The lowest BCUT2D eigenvalue weighted by Gasteiger charge is -2.16. The van der Waals surface area contributed by atoms with Crippen LogP contribution in [0, 0.1) is 61.9 Å². The number of hydrogen-bond donors (Lipinski definition) is 0. The summed E-state index contributed by atoms with van der Waals surface area (Å²) in [7, 11) is 0. The second-order valence-electron chi connectivity index (χ2n) is 12.3. The van der Waals surface area contributed by atoms with Crippen LogP contribution in [-0.4, -0.2) is 6.61 Å². The van der Waals surface area contributed by atoms with Gasteiger partial charge in [0.25, 0.3) is 0 Å². The van der Waals surface area contributed by atoms with Crippen LogP contribution in [0.25, 0.3) is 45.8 Å². The number of rotatable bonds is 13. The van der Waals surface area contributed by atoms with Crippen molar-refractivity contribution in [2.45, 2.75) is 59.3 Å². The SMILES string of the molecule is C#CC#CC#CC#COc1ccc2c(C=Cc3ccc(C)cc3)c3cc(OCCCCCCCC)ccc3c(C=Cc3ccc(C)cc3)c2c1. The first-order valence-corrected chi connectivity index (χ1v) is 17.3. The Kier molecular flexibility index (Phi) is 13.0. The summed E-state index contributed by atoms with van der Waals surface area (Å²) in [5, 5.41) is 4.40. The molecule has 0 unspecified atom stereocenters. The lowest BCUT2D eigenvalue weighted by atomic mass is 9.90. The molecule has 0 amide bonds. The second kappa shape index (κ2) is 18.5. The van der Waals surface area contributed by atoms with Crippen molar-refractivity contribution in [2.75, 3.05) is 6.61 Å². The fraction of sp³-hybridized carbons (Fsp3) is 0.208. The third kappa shape index (κ3) is 9.98. The summed E-state index contributed by atoms with van der Waals surface area (Å²) in [4.78, 5) is 0. The van der Waals surface area contributed by atoms with Gasteiger partial charge >= 0.3 is 0 Å². The zero-order valence-electron chi connectivity index (χ0n) is 29.2. The molecular weight excluding hydrogens is 609 g/mol. The topological polar surface area (TPSA) is 18.5 Å². The third-order valence-corrected chi connectivity index (χ3v) is 8.49. The monoisotopic (exact) mass is 650 g/mol. The number of fused-ring (bicyclic) bond motifs is 2. The van der Waals surface area contributed by atoms with Crippen molar-refractivity contribution in [3.05, 3.63) is 118 Å². The van der Waals surface area contributed by atoms with Gasteiger partial charge in [0.1, 0.15) is 17.6 Å². The molecule has 0 atom stereocenters. The van der Waals surface area contributed by atoms with Crippen LogP contribution < -0.4 is 9.47 Å². The van der Waals surface area contributed by atoms with E-state index in [0.29, 0.717) is 12.4 Å².